The third kappa shape index (κ3) is 3.07. The van der Waals surface area contributed by atoms with Gasteiger partial charge in [-0.25, -0.2) is 0 Å². The molecule has 1 aromatic carbocycles. The summed E-state index contributed by atoms with van der Waals surface area (Å²) in [6.45, 7) is 8.86. The summed E-state index contributed by atoms with van der Waals surface area (Å²) < 4.78 is 11.6. The minimum atomic E-state index is 0.0894. The molecule has 0 spiro atoms. The monoisotopic (exact) mass is 344 g/mol. The Morgan fingerprint density at radius 1 is 1.16 bits per heavy atom. The normalized spacial score (nSPS) is 25.2. The van der Waals surface area contributed by atoms with Crippen LogP contribution in [0.4, 0.5) is 0 Å². The highest BCUT2D eigenvalue weighted by atomic mass is 16.5. The van der Waals surface area contributed by atoms with E-state index in [9.17, 15) is 4.79 Å². The van der Waals surface area contributed by atoms with Crippen molar-refractivity contribution in [3.63, 3.8) is 0 Å². The summed E-state index contributed by atoms with van der Waals surface area (Å²) in [6, 6.07) is 2.21. The first-order valence-electron chi connectivity index (χ1n) is 9.60. The van der Waals surface area contributed by atoms with Gasteiger partial charge in [-0.05, 0) is 42.1 Å². The van der Waals surface area contributed by atoms with Gasteiger partial charge in [0.1, 0.15) is 5.78 Å². The number of ether oxygens (including phenoxy) is 2. The molecule has 0 aliphatic heterocycles. The van der Waals surface area contributed by atoms with E-state index < -0.39 is 0 Å². The molecule has 138 valence electrons. The summed E-state index contributed by atoms with van der Waals surface area (Å²) in [5.74, 6) is 2.97. The van der Waals surface area contributed by atoms with Gasteiger partial charge in [-0.2, -0.15) is 0 Å². The second-order valence-corrected chi connectivity index (χ2v) is 8.77. The molecule has 2 aliphatic carbocycles. The maximum absolute atomic E-state index is 13.1. The van der Waals surface area contributed by atoms with Gasteiger partial charge < -0.3 is 9.47 Å². The Bertz CT molecular complexity index is 672. The molecule has 0 saturated heterocycles. The number of Topliss-reactive ketones (excluding diaryl/α,β-unsaturated/α-hetero) is 1. The van der Waals surface area contributed by atoms with E-state index in [1.54, 1.807) is 14.2 Å². The van der Waals surface area contributed by atoms with Gasteiger partial charge >= 0.3 is 0 Å². The lowest BCUT2D eigenvalue weighted by atomic mass is 9.72. The summed E-state index contributed by atoms with van der Waals surface area (Å²) in [5, 5.41) is 0. The third-order valence-corrected chi connectivity index (χ3v) is 6.42. The van der Waals surface area contributed by atoms with E-state index in [0.29, 0.717) is 24.0 Å². The van der Waals surface area contributed by atoms with Crippen LogP contribution in [-0.2, 0) is 11.2 Å². The Hall–Kier alpha value is -1.51. The highest BCUT2D eigenvalue weighted by Crippen LogP contribution is 2.52. The molecule has 3 heteroatoms. The summed E-state index contributed by atoms with van der Waals surface area (Å²) >= 11 is 0. The van der Waals surface area contributed by atoms with Crippen molar-refractivity contribution in [2.45, 2.75) is 71.6 Å². The quantitative estimate of drug-likeness (QED) is 0.751. The van der Waals surface area contributed by atoms with E-state index in [2.05, 4.69) is 33.8 Å². The minimum Gasteiger partial charge on any atom is -0.493 e. The highest BCUT2D eigenvalue weighted by molar-refractivity contribution is 5.86. The van der Waals surface area contributed by atoms with Crippen LogP contribution in [0.2, 0.25) is 0 Å². The number of benzene rings is 1. The number of carbonyl (C=O) groups is 1. The van der Waals surface area contributed by atoms with Crippen LogP contribution in [-0.4, -0.2) is 20.0 Å². The van der Waals surface area contributed by atoms with Crippen molar-refractivity contribution in [1.82, 2.24) is 0 Å². The smallest absolute Gasteiger partial charge is 0.164 e. The Labute approximate surface area is 152 Å². The average molecular weight is 344 g/mol. The molecule has 25 heavy (non-hydrogen) atoms. The van der Waals surface area contributed by atoms with Gasteiger partial charge in [-0.3, -0.25) is 4.79 Å². The van der Waals surface area contributed by atoms with E-state index in [1.807, 2.05) is 0 Å². The predicted molar refractivity (Wildman–Crippen MR) is 101 cm³/mol. The summed E-state index contributed by atoms with van der Waals surface area (Å²) in [4.78, 5) is 13.1. The van der Waals surface area contributed by atoms with Crippen LogP contribution < -0.4 is 9.47 Å². The fraction of sp³-hybridized carbons (Fsp3) is 0.682. The van der Waals surface area contributed by atoms with Gasteiger partial charge in [-0.15, -0.1) is 0 Å². The molecule has 2 bridgehead atoms. The number of fused-ring (bicyclic) bond motifs is 4. The van der Waals surface area contributed by atoms with Crippen LogP contribution >= 0.6 is 0 Å². The molecule has 0 heterocycles. The SMILES string of the molecule is COc1c(C(C)C)cc2c(c1OC)[C@@H]1CCCC(C)(C)[C@@H](C1)C(=O)C2. The lowest BCUT2D eigenvalue weighted by Crippen LogP contribution is -2.30. The van der Waals surface area contributed by atoms with E-state index in [1.165, 1.54) is 5.56 Å². The fourth-order valence-corrected chi connectivity index (χ4v) is 5.01. The number of ketones is 1. The number of methoxy groups -OCH3 is 2. The Morgan fingerprint density at radius 2 is 1.84 bits per heavy atom. The van der Waals surface area contributed by atoms with Gasteiger partial charge in [0, 0.05) is 23.5 Å². The number of hydrogen-bond donors (Lipinski definition) is 0. The van der Waals surface area contributed by atoms with Gasteiger partial charge in [-0.1, -0.05) is 40.2 Å². The molecule has 1 fully saturated rings. The molecule has 0 N–H and O–H groups in total. The lowest BCUT2D eigenvalue weighted by molar-refractivity contribution is -0.125. The topological polar surface area (TPSA) is 35.5 Å². The first-order chi connectivity index (χ1) is 11.8. The second-order valence-electron chi connectivity index (χ2n) is 8.77. The average Bonchev–Trinajstić information content (AvgIpc) is 2.79. The van der Waals surface area contributed by atoms with Gasteiger partial charge in [0.25, 0.3) is 0 Å². The van der Waals surface area contributed by atoms with Crippen molar-refractivity contribution in [1.29, 1.82) is 0 Å². The maximum atomic E-state index is 13.1. The second kappa shape index (κ2) is 6.66. The fourth-order valence-electron chi connectivity index (χ4n) is 5.01. The summed E-state index contributed by atoms with van der Waals surface area (Å²) in [5.41, 5.74) is 3.62. The molecule has 2 atom stereocenters. The zero-order valence-electron chi connectivity index (χ0n) is 16.6. The van der Waals surface area contributed by atoms with Crippen molar-refractivity contribution >= 4 is 5.78 Å². The Morgan fingerprint density at radius 3 is 2.44 bits per heavy atom. The Kier molecular flexibility index (Phi) is 4.87. The van der Waals surface area contributed by atoms with Gasteiger partial charge in [0.15, 0.2) is 11.5 Å². The molecule has 1 saturated carbocycles. The molecule has 0 unspecified atom stereocenters. The predicted octanol–water partition coefficient (Wildman–Crippen LogP) is 5.25. The molecular weight excluding hydrogens is 312 g/mol. The number of carbonyl (C=O) groups excluding carboxylic acids is 1. The van der Waals surface area contributed by atoms with Crippen molar-refractivity contribution in [3.05, 3.63) is 22.8 Å². The maximum Gasteiger partial charge on any atom is 0.164 e. The van der Waals surface area contributed by atoms with E-state index >= 15 is 0 Å². The zero-order chi connectivity index (χ0) is 18.4. The molecular formula is C22H32O3. The standard InChI is InChI=1S/C22H32O3/c1-13(2)16-10-15-12-18(23)17-11-14(8-7-9-22(17,3)4)19(15)21(25-6)20(16)24-5/h10,13-14,17H,7-9,11-12H2,1-6H3/t14-,17+/m1/s1. The van der Waals surface area contributed by atoms with Crippen LogP contribution in [0.5, 0.6) is 11.5 Å². The molecule has 1 aromatic rings. The van der Waals surface area contributed by atoms with Gasteiger partial charge in [0.2, 0.25) is 0 Å². The first-order valence-corrected chi connectivity index (χ1v) is 9.60. The van der Waals surface area contributed by atoms with Gasteiger partial charge in [0.05, 0.1) is 14.2 Å². The Balaban J connectivity index is 2.22. The molecule has 0 aromatic heterocycles. The molecule has 3 nitrogen and oxygen atoms in total. The van der Waals surface area contributed by atoms with Crippen LogP contribution in [0.1, 0.15) is 81.9 Å². The zero-order valence-corrected chi connectivity index (χ0v) is 16.6. The van der Waals surface area contributed by atoms with E-state index in [4.69, 9.17) is 9.47 Å². The summed E-state index contributed by atoms with van der Waals surface area (Å²) in [7, 11) is 3.45. The van der Waals surface area contributed by atoms with Crippen molar-refractivity contribution in [2.75, 3.05) is 14.2 Å². The molecule has 0 radical (unpaired) electrons. The van der Waals surface area contributed by atoms with E-state index in [0.717, 1.165) is 48.3 Å². The van der Waals surface area contributed by atoms with Crippen LogP contribution in [0.3, 0.4) is 0 Å². The number of hydrogen-bond acceptors (Lipinski definition) is 3. The minimum absolute atomic E-state index is 0.0894. The third-order valence-electron chi connectivity index (χ3n) is 6.42. The van der Waals surface area contributed by atoms with Crippen LogP contribution in [0, 0.1) is 11.3 Å². The first kappa shape index (κ1) is 18.3. The van der Waals surface area contributed by atoms with E-state index in [-0.39, 0.29) is 11.3 Å². The van der Waals surface area contributed by atoms with Crippen molar-refractivity contribution in [3.8, 4) is 11.5 Å². The van der Waals surface area contributed by atoms with Crippen molar-refractivity contribution < 1.29 is 14.3 Å². The lowest BCUT2D eigenvalue weighted by Gasteiger charge is -2.31. The summed E-state index contributed by atoms with van der Waals surface area (Å²) in [6.07, 6.45) is 4.89. The van der Waals surface area contributed by atoms with Crippen LogP contribution in [0.15, 0.2) is 6.07 Å². The molecule has 0 amide bonds. The van der Waals surface area contributed by atoms with Crippen LogP contribution in [0.25, 0.3) is 0 Å². The number of rotatable bonds is 3. The highest BCUT2D eigenvalue weighted by Gasteiger charge is 2.43. The molecule has 2 aliphatic rings. The molecule has 3 rings (SSSR count). The van der Waals surface area contributed by atoms with Crippen molar-refractivity contribution in [2.24, 2.45) is 11.3 Å². The largest absolute Gasteiger partial charge is 0.493 e.